The van der Waals surface area contributed by atoms with Gasteiger partial charge in [-0.2, -0.15) is 0 Å². The Bertz CT molecular complexity index is 1900. The van der Waals surface area contributed by atoms with Gasteiger partial charge in [0, 0.05) is 10.6 Å². The summed E-state index contributed by atoms with van der Waals surface area (Å²) in [6.07, 6.45) is 1.79. The summed E-state index contributed by atoms with van der Waals surface area (Å²) in [7, 11) is 3.15. The molecule has 1 aliphatic heterocycles. The number of thiazole rings is 1. The number of nitrogens with zero attached hydrogens (tertiary/aromatic N) is 2. The van der Waals surface area contributed by atoms with Crippen molar-refractivity contribution in [3.8, 4) is 17.2 Å². The summed E-state index contributed by atoms with van der Waals surface area (Å²) in [5.74, 6) is 1.26. The van der Waals surface area contributed by atoms with E-state index in [1.165, 1.54) is 11.3 Å². The molecule has 8 nitrogen and oxygen atoms in total. The third-order valence-electron chi connectivity index (χ3n) is 6.83. The first kappa shape index (κ1) is 30.8. The lowest BCUT2D eigenvalue weighted by molar-refractivity contribution is -0.139. The summed E-state index contributed by atoms with van der Waals surface area (Å²) < 4.78 is 25.3. The van der Waals surface area contributed by atoms with Crippen molar-refractivity contribution in [3.63, 3.8) is 0 Å². The third-order valence-corrected chi connectivity index (χ3v) is 8.98. The number of halogens is 2. The number of aromatic nitrogens is 1. The van der Waals surface area contributed by atoms with Crippen molar-refractivity contribution in [3.05, 3.63) is 117 Å². The van der Waals surface area contributed by atoms with Gasteiger partial charge in [-0.1, -0.05) is 53.3 Å². The molecule has 1 unspecified atom stereocenters. The summed E-state index contributed by atoms with van der Waals surface area (Å²) in [6, 6.07) is 17.8. The highest BCUT2D eigenvalue weighted by molar-refractivity contribution is 14.1. The number of esters is 1. The van der Waals surface area contributed by atoms with Gasteiger partial charge in [0.15, 0.2) is 16.3 Å². The van der Waals surface area contributed by atoms with Crippen LogP contribution in [0, 0.1) is 3.57 Å². The minimum absolute atomic E-state index is 0.202. The zero-order valence-electron chi connectivity index (χ0n) is 23.9. The number of carbonyl (C=O) groups excluding carboxylic acids is 1. The molecule has 0 saturated heterocycles. The van der Waals surface area contributed by atoms with E-state index in [0.717, 1.165) is 20.3 Å². The zero-order valence-corrected chi connectivity index (χ0v) is 27.6. The largest absolute Gasteiger partial charge is 0.497 e. The number of fused-ring (bicyclic) bond motifs is 1. The molecule has 0 aliphatic carbocycles. The van der Waals surface area contributed by atoms with Crippen LogP contribution < -0.4 is 29.1 Å². The molecular weight excluding hydrogens is 703 g/mol. The molecule has 0 N–H and O–H groups in total. The Labute approximate surface area is 271 Å². The van der Waals surface area contributed by atoms with Crippen molar-refractivity contribution in [2.24, 2.45) is 4.99 Å². The molecule has 0 fully saturated rings. The topological polar surface area (TPSA) is 88.4 Å². The minimum atomic E-state index is -0.710. The van der Waals surface area contributed by atoms with Crippen LogP contribution in [0.5, 0.6) is 17.2 Å². The minimum Gasteiger partial charge on any atom is -0.497 e. The van der Waals surface area contributed by atoms with Crippen molar-refractivity contribution in [1.82, 2.24) is 4.57 Å². The summed E-state index contributed by atoms with van der Waals surface area (Å²) in [4.78, 5) is 32.2. The van der Waals surface area contributed by atoms with Crippen LogP contribution in [0.4, 0.5) is 0 Å². The molecular formula is C32H28ClIN2O6S. The van der Waals surface area contributed by atoms with Crippen LogP contribution in [0.3, 0.4) is 0 Å². The van der Waals surface area contributed by atoms with E-state index >= 15 is 0 Å². The molecule has 4 aromatic rings. The Kier molecular flexibility index (Phi) is 9.58. The first-order valence-corrected chi connectivity index (χ1v) is 15.6. The molecule has 2 heterocycles. The van der Waals surface area contributed by atoms with Crippen LogP contribution in [-0.2, 0) is 16.1 Å². The summed E-state index contributed by atoms with van der Waals surface area (Å²) >= 11 is 9.74. The second-order valence-electron chi connectivity index (χ2n) is 9.49. The maximum atomic E-state index is 14.0. The molecule has 1 atom stereocenters. The van der Waals surface area contributed by atoms with Crippen LogP contribution in [0.25, 0.3) is 6.08 Å². The fourth-order valence-corrected chi connectivity index (χ4v) is 6.79. The van der Waals surface area contributed by atoms with Gasteiger partial charge in [-0.05, 0) is 84.0 Å². The van der Waals surface area contributed by atoms with E-state index in [9.17, 15) is 9.59 Å². The van der Waals surface area contributed by atoms with Gasteiger partial charge in [-0.15, -0.1) is 0 Å². The van der Waals surface area contributed by atoms with Crippen LogP contribution in [-0.4, -0.2) is 31.4 Å². The first-order valence-electron chi connectivity index (χ1n) is 13.3. The molecule has 43 heavy (non-hydrogen) atoms. The van der Waals surface area contributed by atoms with E-state index in [-0.39, 0.29) is 18.8 Å². The quantitative estimate of drug-likeness (QED) is 0.164. The standard InChI is InChI=1S/C32H28ClIN2O6S/c1-5-41-31(38)27-18(2)35-32-36(28(27)20-10-12-22(39-3)13-11-20)30(37)26(43-32)16-19-14-24(34)29(25(15-19)40-4)42-17-21-8-6-7-9-23(21)33/h6-16,28H,5,17H2,1-4H3. The molecule has 0 bridgehead atoms. The van der Waals surface area contributed by atoms with Gasteiger partial charge in [0.2, 0.25) is 0 Å². The van der Waals surface area contributed by atoms with Crippen LogP contribution in [0.2, 0.25) is 5.02 Å². The molecule has 0 spiro atoms. The zero-order chi connectivity index (χ0) is 30.7. The number of carbonyl (C=O) groups is 1. The number of hydrogen-bond donors (Lipinski definition) is 0. The normalized spacial score (nSPS) is 14.7. The van der Waals surface area contributed by atoms with Gasteiger partial charge in [0.1, 0.15) is 12.4 Å². The number of rotatable bonds is 9. The van der Waals surface area contributed by atoms with Gasteiger partial charge in [0.25, 0.3) is 5.56 Å². The van der Waals surface area contributed by atoms with Crippen LogP contribution >= 0.6 is 45.5 Å². The lowest BCUT2D eigenvalue weighted by Crippen LogP contribution is -2.39. The van der Waals surface area contributed by atoms with Crippen molar-refractivity contribution in [2.75, 3.05) is 20.8 Å². The van der Waals surface area contributed by atoms with Crippen molar-refractivity contribution >= 4 is 57.6 Å². The number of hydrogen-bond acceptors (Lipinski definition) is 8. The first-order chi connectivity index (χ1) is 20.7. The van der Waals surface area contributed by atoms with E-state index in [2.05, 4.69) is 27.6 Å². The average molecular weight is 731 g/mol. The van der Waals surface area contributed by atoms with Gasteiger partial charge in [-0.3, -0.25) is 9.36 Å². The van der Waals surface area contributed by atoms with Crippen molar-refractivity contribution in [2.45, 2.75) is 26.5 Å². The highest BCUT2D eigenvalue weighted by Crippen LogP contribution is 2.35. The number of methoxy groups -OCH3 is 2. The molecule has 5 rings (SSSR count). The van der Waals surface area contributed by atoms with E-state index in [0.29, 0.717) is 42.9 Å². The van der Waals surface area contributed by atoms with Gasteiger partial charge in [-0.25, -0.2) is 9.79 Å². The smallest absolute Gasteiger partial charge is 0.338 e. The second kappa shape index (κ2) is 13.4. The lowest BCUT2D eigenvalue weighted by Gasteiger charge is -2.24. The third kappa shape index (κ3) is 6.36. The molecule has 0 radical (unpaired) electrons. The molecule has 222 valence electrons. The number of ether oxygens (including phenoxy) is 4. The van der Waals surface area contributed by atoms with Crippen LogP contribution in [0.15, 0.2) is 81.7 Å². The highest BCUT2D eigenvalue weighted by Gasteiger charge is 2.33. The van der Waals surface area contributed by atoms with Gasteiger partial charge >= 0.3 is 5.97 Å². The van der Waals surface area contributed by atoms with Crippen molar-refractivity contribution in [1.29, 1.82) is 0 Å². The lowest BCUT2D eigenvalue weighted by atomic mass is 9.96. The second-order valence-corrected chi connectivity index (χ2v) is 12.1. The van der Waals surface area contributed by atoms with Crippen LogP contribution in [0.1, 0.15) is 36.6 Å². The van der Waals surface area contributed by atoms with E-state index < -0.39 is 12.0 Å². The van der Waals surface area contributed by atoms with E-state index in [1.54, 1.807) is 50.8 Å². The fraction of sp³-hybridized carbons (Fsp3) is 0.219. The Balaban J connectivity index is 1.58. The molecule has 11 heteroatoms. The SMILES string of the molecule is CCOC(=O)C1=C(C)N=c2sc(=Cc3cc(I)c(OCc4ccccc4Cl)c(OC)c3)c(=O)n2C1c1ccc(OC)cc1. The highest BCUT2D eigenvalue weighted by atomic mass is 127. The summed E-state index contributed by atoms with van der Waals surface area (Å²) in [5, 5.41) is 0.623. The fourth-order valence-electron chi connectivity index (χ4n) is 4.77. The van der Waals surface area contributed by atoms with E-state index in [1.807, 2.05) is 48.5 Å². The molecule has 0 amide bonds. The summed E-state index contributed by atoms with van der Waals surface area (Å²) in [6.45, 7) is 3.98. The number of benzene rings is 3. The maximum Gasteiger partial charge on any atom is 0.338 e. The molecule has 1 aromatic heterocycles. The summed E-state index contributed by atoms with van der Waals surface area (Å²) in [5.41, 5.74) is 2.90. The Morgan fingerprint density at radius 3 is 2.53 bits per heavy atom. The number of allylic oxidation sites excluding steroid dienone is 1. The predicted molar refractivity (Wildman–Crippen MR) is 175 cm³/mol. The van der Waals surface area contributed by atoms with Gasteiger partial charge < -0.3 is 18.9 Å². The monoisotopic (exact) mass is 730 g/mol. The Morgan fingerprint density at radius 2 is 1.86 bits per heavy atom. The predicted octanol–water partition coefficient (Wildman–Crippen LogP) is 5.65. The average Bonchev–Trinajstić information content (AvgIpc) is 3.30. The molecule has 0 saturated carbocycles. The Hall–Kier alpha value is -3.61. The molecule has 1 aliphatic rings. The molecule has 3 aromatic carbocycles. The van der Waals surface area contributed by atoms with Crippen molar-refractivity contribution < 1.29 is 23.7 Å². The Morgan fingerprint density at radius 1 is 1.12 bits per heavy atom. The van der Waals surface area contributed by atoms with Gasteiger partial charge in [0.05, 0.1) is 46.2 Å². The maximum absolute atomic E-state index is 14.0. The van der Waals surface area contributed by atoms with E-state index in [4.69, 9.17) is 30.5 Å².